The molecule has 2 heterocycles. The first kappa shape index (κ1) is 24.4. The largest absolute Gasteiger partial charge is 0.465 e. The Hall–Kier alpha value is -3.22. The zero-order valence-corrected chi connectivity index (χ0v) is 17.8. The van der Waals surface area contributed by atoms with Crippen LogP contribution >= 0.6 is 11.6 Å². The standard InChI is InChI=1S/C20H18ClF3N4O5/c1-32-7-10-4-11(21)6-25-16(10)17(29)26-12-2-3-14(22)13(5-12)20(18(23)24)9-33-8-15(28-20)27-19(30)31/h2-6,18H,7-9H2,1H3,(H,26,29)(H,27,28)(H,30,31)/t20-/m0/s1. The van der Waals surface area contributed by atoms with Crippen LogP contribution in [-0.2, 0) is 21.6 Å². The average molecular weight is 487 g/mol. The molecule has 0 radical (unpaired) electrons. The number of hydrogen-bond donors (Lipinski definition) is 3. The summed E-state index contributed by atoms with van der Waals surface area (Å²) in [5, 5.41) is 13.5. The van der Waals surface area contributed by atoms with Gasteiger partial charge in [0, 0.05) is 30.1 Å². The maximum atomic E-state index is 14.7. The molecule has 1 aliphatic heterocycles. The molecule has 13 heteroatoms. The highest BCUT2D eigenvalue weighted by Gasteiger charge is 2.47. The second-order valence-corrected chi connectivity index (χ2v) is 7.39. The summed E-state index contributed by atoms with van der Waals surface area (Å²) in [6.07, 6.45) is -3.54. The number of benzene rings is 1. The number of carboxylic acid groups (broad SMARTS) is 1. The van der Waals surface area contributed by atoms with Crippen molar-refractivity contribution in [2.45, 2.75) is 18.6 Å². The lowest BCUT2D eigenvalue weighted by Gasteiger charge is -2.34. The summed E-state index contributed by atoms with van der Waals surface area (Å²) < 4.78 is 53.0. The third-order valence-corrected chi connectivity index (χ3v) is 4.85. The van der Waals surface area contributed by atoms with Crippen LogP contribution in [0.4, 0.5) is 23.7 Å². The van der Waals surface area contributed by atoms with E-state index in [0.29, 0.717) is 5.56 Å². The fraction of sp³-hybridized carbons (Fsp3) is 0.300. The molecule has 0 aliphatic carbocycles. The van der Waals surface area contributed by atoms with Gasteiger partial charge in [0.25, 0.3) is 12.3 Å². The molecule has 0 spiro atoms. The number of alkyl halides is 2. The Morgan fingerprint density at radius 2 is 2.09 bits per heavy atom. The molecule has 1 aliphatic rings. The highest BCUT2D eigenvalue weighted by Crippen LogP contribution is 2.38. The first-order valence-corrected chi connectivity index (χ1v) is 9.73. The van der Waals surface area contributed by atoms with E-state index < -0.39 is 47.8 Å². The number of amides is 2. The van der Waals surface area contributed by atoms with E-state index in [1.807, 2.05) is 5.32 Å². The van der Waals surface area contributed by atoms with Crippen molar-refractivity contribution in [1.82, 2.24) is 10.3 Å². The third kappa shape index (κ3) is 5.41. The molecule has 0 saturated carbocycles. The Morgan fingerprint density at radius 3 is 2.76 bits per heavy atom. The number of pyridine rings is 1. The fourth-order valence-corrected chi connectivity index (χ4v) is 3.42. The number of rotatable bonds is 6. The van der Waals surface area contributed by atoms with Gasteiger partial charge in [-0.3, -0.25) is 10.1 Å². The van der Waals surface area contributed by atoms with Gasteiger partial charge >= 0.3 is 6.09 Å². The molecule has 1 atom stereocenters. The highest BCUT2D eigenvalue weighted by atomic mass is 35.5. The number of carbonyl (C=O) groups excluding carboxylic acids is 1. The molecule has 33 heavy (non-hydrogen) atoms. The SMILES string of the molecule is COCc1cc(Cl)cnc1C(=O)Nc1ccc(F)c([C@]2(C(F)F)COCC(NC(=O)O)=N2)c1. The van der Waals surface area contributed by atoms with Gasteiger partial charge in [-0.25, -0.2) is 27.9 Å². The quantitative estimate of drug-likeness (QED) is 0.575. The van der Waals surface area contributed by atoms with Crippen molar-refractivity contribution in [3.05, 3.63) is 58.1 Å². The number of nitrogens with zero attached hydrogens (tertiary/aromatic N) is 2. The predicted molar refractivity (Wildman–Crippen MR) is 111 cm³/mol. The van der Waals surface area contributed by atoms with E-state index in [1.54, 1.807) is 0 Å². The molecule has 176 valence electrons. The summed E-state index contributed by atoms with van der Waals surface area (Å²) in [6, 6.07) is 4.53. The second kappa shape index (κ2) is 10.1. The summed E-state index contributed by atoms with van der Waals surface area (Å²) in [5.41, 5.74) is -2.78. The fourth-order valence-electron chi connectivity index (χ4n) is 3.24. The Labute approximate surface area is 190 Å². The number of aromatic nitrogens is 1. The Kier molecular flexibility index (Phi) is 7.51. The van der Waals surface area contributed by atoms with Crippen LogP contribution in [0.5, 0.6) is 0 Å². The van der Waals surface area contributed by atoms with Crippen molar-refractivity contribution < 1.29 is 37.3 Å². The van der Waals surface area contributed by atoms with Crippen molar-refractivity contribution in [3.63, 3.8) is 0 Å². The molecule has 3 rings (SSSR count). The van der Waals surface area contributed by atoms with Crippen molar-refractivity contribution in [2.75, 3.05) is 25.6 Å². The van der Waals surface area contributed by atoms with Crippen LogP contribution in [0.1, 0.15) is 21.6 Å². The van der Waals surface area contributed by atoms with E-state index >= 15 is 0 Å². The van der Waals surface area contributed by atoms with Gasteiger partial charge in [-0.1, -0.05) is 11.6 Å². The Balaban J connectivity index is 1.98. The molecular formula is C20H18ClF3N4O5. The van der Waals surface area contributed by atoms with Crippen molar-refractivity contribution in [3.8, 4) is 0 Å². The lowest BCUT2D eigenvalue weighted by molar-refractivity contribution is -0.0151. The van der Waals surface area contributed by atoms with Crippen LogP contribution < -0.4 is 10.6 Å². The summed E-state index contributed by atoms with van der Waals surface area (Å²) in [6.45, 7) is -1.05. The van der Waals surface area contributed by atoms with Crippen LogP contribution in [0.15, 0.2) is 35.5 Å². The van der Waals surface area contributed by atoms with Crippen LogP contribution in [0, 0.1) is 5.82 Å². The molecule has 0 unspecified atom stereocenters. The molecule has 9 nitrogen and oxygen atoms in total. The van der Waals surface area contributed by atoms with E-state index in [1.165, 1.54) is 25.4 Å². The minimum Gasteiger partial charge on any atom is -0.465 e. The van der Waals surface area contributed by atoms with Crippen molar-refractivity contribution >= 4 is 35.1 Å². The normalized spacial score (nSPS) is 18.1. The number of halogens is 4. The monoisotopic (exact) mass is 486 g/mol. The van der Waals surface area contributed by atoms with Crippen LogP contribution in [0.2, 0.25) is 5.02 Å². The first-order chi connectivity index (χ1) is 15.7. The number of ether oxygens (including phenoxy) is 2. The molecule has 0 fully saturated rings. The van der Waals surface area contributed by atoms with Gasteiger partial charge in [0.2, 0.25) is 0 Å². The highest BCUT2D eigenvalue weighted by molar-refractivity contribution is 6.30. The maximum absolute atomic E-state index is 14.7. The number of anilines is 1. The van der Waals surface area contributed by atoms with E-state index in [0.717, 1.165) is 12.1 Å². The minimum absolute atomic E-state index is 0.0231. The zero-order valence-electron chi connectivity index (χ0n) is 17.1. The molecule has 0 bridgehead atoms. The number of nitrogens with one attached hydrogen (secondary N) is 2. The summed E-state index contributed by atoms with van der Waals surface area (Å²) in [5.74, 6) is -2.15. The van der Waals surface area contributed by atoms with Gasteiger partial charge in [0.1, 0.15) is 24.0 Å². The lowest BCUT2D eigenvalue weighted by atomic mass is 9.90. The van der Waals surface area contributed by atoms with E-state index in [9.17, 15) is 22.8 Å². The van der Waals surface area contributed by atoms with Gasteiger partial charge in [-0.05, 0) is 24.3 Å². The van der Waals surface area contributed by atoms with Gasteiger partial charge in [0.15, 0.2) is 5.54 Å². The maximum Gasteiger partial charge on any atom is 0.410 e. The number of hydrogen-bond acceptors (Lipinski definition) is 6. The first-order valence-electron chi connectivity index (χ1n) is 9.35. The zero-order chi connectivity index (χ0) is 24.2. The molecule has 1 aromatic carbocycles. The number of aliphatic imine (C=N–C) groups is 1. The average Bonchev–Trinajstić information content (AvgIpc) is 2.75. The van der Waals surface area contributed by atoms with E-state index in [-0.39, 0.29) is 29.6 Å². The smallest absolute Gasteiger partial charge is 0.410 e. The second-order valence-electron chi connectivity index (χ2n) is 6.95. The molecule has 3 N–H and O–H groups in total. The topological polar surface area (TPSA) is 122 Å². The van der Waals surface area contributed by atoms with Crippen LogP contribution in [-0.4, -0.2) is 54.7 Å². The van der Waals surface area contributed by atoms with E-state index in [2.05, 4.69) is 15.3 Å². The predicted octanol–water partition coefficient (Wildman–Crippen LogP) is 3.43. The van der Waals surface area contributed by atoms with Gasteiger partial charge in [0.05, 0.1) is 18.2 Å². The third-order valence-electron chi connectivity index (χ3n) is 4.65. The summed E-state index contributed by atoms with van der Waals surface area (Å²) >= 11 is 5.90. The number of carbonyl (C=O) groups is 2. The Bertz CT molecular complexity index is 1100. The molecule has 2 amide bonds. The Morgan fingerprint density at radius 1 is 1.33 bits per heavy atom. The molecule has 2 aromatic rings. The van der Waals surface area contributed by atoms with Gasteiger partial charge in [-0.2, -0.15) is 0 Å². The summed E-state index contributed by atoms with van der Waals surface area (Å²) in [4.78, 5) is 31.4. The number of methoxy groups -OCH3 is 1. The minimum atomic E-state index is -3.25. The van der Waals surface area contributed by atoms with Gasteiger partial charge < -0.3 is 19.9 Å². The van der Waals surface area contributed by atoms with Gasteiger partial charge in [-0.15, -0.1) is 0 Å². The van der Waals surface area contributed by atoms with Crippen LogP contribution in [0.25, 0.3) is 0 Å². The van der Waals surface area contributed by atoms with Crippen molar-refractivity contribution in [2.24, 2.45) is 4.99 Å². The van der Waals surface area contributed by atoms with Crippen LogP contribution in [0.3, 0.4) is 0 Å². The molecule has 1 aromatic heterocycles. The molecule has 0 saturated heterocycles. The lowest BCUT2D eigenvalue weighted by Crippen LogP contribution is -2.47. The van der Waals surface area contributed by atoms with Crippen molar-refractivity contribution in [1.29, 1.82) is 0 Å². The number of amidine groups is 1. The molecular weight excluding hydrogens is 469 g/mol. The summed E-state index contributed by atoms with van der Waals surface area (Å²) in [7, 11) is 1.42. The van der Waals surface area contributed by atoms with E-state index in [4.69, 9.17) is 26.2 Å².